The number of rotatable bonds is 3. The Morgan fingerprint density at radius 2 is 2.00 bits per heavy atom. The largest absolute Gasteiger partial charge is 0.482 e. The molecule has 172 valence electrons. The number of anilines is 2. The lowest BCUT2D eigenvalue weighted by Gasteiger charge is -2.31. The Hall–Kier alpha value is -3.04. The summed E-state index contributed by atoms with van der Waals surface area (Å²) in [6.07, 6.45) is 4.95. The van der Waals surface area contributed by atoms with Crippen molar-refractivity contribution in [2.75, 3.05) is 23.3 Å². The number of carbonyl (C=O) groups excluding carboxylic acids is 1. The van der Waals surface area contributed by atoms with Crippen molar-refractivity contribution >= 4 is 39.6 Å². The van der Waals surface area contributed by atoms with Crippen molar-refractivity contribution in [2.45, 2.75) is 37.5 Å². The monoisotopic (exact) mass is 469 g/mol. The van der Waals surface area contributed by atoms with Gasteiger partial charge >= 0.3 is 0 Å². The van der Waals surface area contributed by atoms with Gasteiger partial charge in [0.1, 0.15) is 23.0 Å². The molecule has 1 amide bonds. The number of ether oxygens (including phenoxy) is 1. The number of benzene rings is 1. The maximum Gasteiger partial charge on any atom is 0.260 e. The summed E-state index contributed by atoms with van der Waals surface area (Å²) < 4.78 is 40.3. The molecule has 7 nitrogen and oxygen atoms in total. The Bertz CT molecular complexity index is 1210. The van der Waals surface area contributed by atoms with Gasteiger partial charge in [0.15, 0.2) is 11.1 Å². The first-order chi connectivity index (χ1) is 15.7. The molecule has 0 aliphatic carbocycles. The van der Waals surface area contributed by atoms with E-state index in [1.165, 1.54) is 12.1 Å². The molecule has 1 aromatic heterocycles. The highest BCUT2D eigenvalue weighted by Crippen LogP contribution is 2.44. The number of nitrogens with zero attached hydrogens (tertiary/aromatic N) is 2. The third-order valence-electron chi connectivity index (χ3n) is 6.37. The van der Waals surface area contributed by atoms with Crippen molar-refractivity contribution in [1.82, 2.24) is 4.98 Å². The van der Waals surface area contributed by atoms with Crippen LogP contribution in [0.25, 0.3) is 11.1 Å². The summed E-state index contributed by atoms with van der Waals surface area (Å²) in [7, 11) is 0. The van der Waals surface area contributed by atoms with E-state index in [-0.39, 0.29) is 11.2 Å². The Morgan fingerprint density at radius 1 is 1.24 bits per heavy atom. The van der Waals surface area contributed by atoms with E-state index >= 15 is 0 Å². The van der Waals surface area contributed by atoms with Gasteiger partial charge in [0.2, 0.25) is 0 Å². The molecule has 1 saturated heterocycles. The Balaban J connectivity index is 1.43. The number of hydrogen-bond donors (Lipinski definition) is 2. The fourth-order valence-electron chi connectivity index (χ4n) is 4.63. The van der Waals surface area contributed by atoms with Crippen molar-refractivity contribution in [2.24, 2.45) is 0 Å². The van der Waals surface area contributed by atoms with Crippen LogP contribution in [0.4, 0.5) is 15.9 Å². The fourth-order valence-corrected chi connectivity index (χ4v) is 5.24. The van der Waals surface area contributed by atoms with Gasteiger partial charge in [0.05, 0.1) is 16.5 Å². The fraction of sp³-hybridized carbons (Fsp3) is 0.333. The molecule has 33 heavy (non-hydrogen) atoms. The SMILES string of the molecule is CC1(C)O/C(=C2/C(=O)Nc3cc(F)ccc32)C=C1c1ccc(N2CCC(S(=O)O)CC2)nc1. The average Bonchev–Trinajstić information content (AvgIpc) is 3.27. The molecule has 0 radical (unpaired) electrons. The zero-order chi connectivity index (χ0) is 23.3. The summed E-state index contributed by atoms with van der Waals surface area (Å²) in [6, 6.07) is 8.12. The number of amides is 1. The number of halogens is 1. The van der Waals surface area contributed by atoms with Gasteiger partial charge in [-0.25, -0.2) is 13.6 Å². The van der Waals surface area contributed by atoms with Crippen LogP contribution < -0.4 is 10.2 Å². The number of fused-ring (bicyclic) bond motifs is 1. The standard InChI is InChI=1S/C24H24FN3O4S/c1-24(2)18(12-20(32-24)22-17-5-4-15(25)11-19(17)27-23(22)29)14-3-6-21(26-13-14)28-9-7-16(8-10-28)33(30)31/h3-6,11-13,16H,7-10H2,1-2H3,(H,27,29)(H,30,31)/b22-20+. The number of pyridine rings is 1. The van der Waals surface area contributed by atoms with Gasteiger partial charge in [0.25, 0.3) is 5.91 Å². The number of hydrogen-bond acceptors (Lipinski definition) is 5. The second kappa shape index (κ2) is 8.07. The van der Waals surface area contributed by atoms with Crippen LogP contribution in [0.1, 0.15) is 37.8 Å². The van der Waals surface area contributed by atoms with Crippen molar-refractivity contribution in [3.05, 3.63) is 65.3 Å². The molecule has 1 aromatic carbocycles. The number of nitrogens with one attached hydrogen (secondary N) is 1. The molecule has 1 unspecified atom stereocenters. The van der Waals surface area contributed by atoms with Gasteiger partial charge < -0.3 is 19.5 Å². The summed E-state index contributed by atoms with van der Waals surface area (Å²) in [5, 5.41) is 2.52. The maximum atomic E-state index is 13.6. The van der Waals surface area contributed by atoms with E-state index in [2.05, 4.69) is 15.2 Å². The zero-order valence-electron chi connectivity index (χ0n) is 18.3. The van der Waals surface area contributed by atoms with Gasteiger partial charge in [-0.15, -0.1) is 0 Å². The van der Waals surface area contributed by atoms with E-state index < -0.39 is 22.5 Å². The number of piperidine rings is 1. The van der Waals surface area contributed by atoms with Gasteiger partial charge in [-0.3, -0.25) is 4.79 Å². The van der Waals surface area contributed by atoms with E-state index in [4.69, 9.17) is 4.74 Å². The van der Waals surface area contributed by atoms with E-state index in [0.717, 1.165) is 17.0 Å². The third-order valence-corrected chi connectivity index (χ3v) is 7.41. The van der Waals surface area contributed by atoms with Crippen LogP contribution in [0.5, 0.6) is 0 Å². The first-order valence-corrected chi connectivity index (χ1v) is 12.0. The second-order valence-corrected chi connectivity index (χ2v) is 10.1. The van der Waals surface area contributed by atoms with Crippen LogP contribution in [-0.2, 0) is 20.6 Å². The molecular formula is C24H24FN3O4S. The van der Waals surface area contributed by atoms with Crippen LogP contribution in [0.15, 0.2) is 48.4 Å². The lowest BCUT2D eigenvalue weighted by molar-refractivity contribution is -0.111. The van der Waals surface area contributed by atoms with Crippen molar-refractivity contribution in [3.63, 3.8) is 0 Å². The van der Waals surface area contributed by atoms with Gasteiger partial charge in [-0.2, -0.15) is 0 Å². The van der Waals surface area contributed by atoms with E-state index in [1.807, 2.05) is 32.1 Å². The minimum atomic E-state index is -1.78. The van der Waals surface area contributed by atoms with Gasteiger partial charge in [-0.1, -0.05) is 0 Å². The van der Waals surface area contributed by atoms with Crippen molar-refractivity contribution in [3.8, 4) is 0 Å². The van der Waals surface area contributed by atoms with Crippen LogP contribution in [0.3, 0.4) is 0 Å². The lowest BCUT2D eigenvalue weighted by Crippen LogP contribution is -2.38. The summed E-state index contributed by atoms with van der Waals surface area (Å²) in [5.74, 6) is 0.535. The summed E-state index contributed by atoms with van der Waals surface area (Å²) in [5.41, 5.74) is 2.53. The maximum absolute atomic E-state index is 13.6. The molecule has 1 fully saturated rings. The smallest absolute Gasteiger partial charge is 0.260 e. The topological polar surface area (TPSA) is 91.8 Å². The molecule has 3 aliphatic heterocycles. The average molecular weight is 470 g/mol. The molecule has 0 spiro atoms. The Labute approximate surface area is 193 Å². The van der Waals surface area contributed by atoms with E-state index in [1.54, 1.807) is 12.3 Å². The highest BCUT2D eigenvalue weighted by atomic mass is 32.2. The number of allylic oxidation sites excluding steroid dienone is 1. The molecule has 3 aliphatic rings. The molecule has 9 heteroatoms. The predicted molar refractivity (Wildman–Crippen MR) is 125 cm³/mol. The van der Waals surface area contributed by atoms with Gasteiger partial charge in [0, 0.05) is 36.0 Å². The van der Waals surface area contributed by atoms with Gasteiger partial charge in [-0.05, 0) is 63.1 Å². The quantitative estimate of drug-likeness (QED) is 0.522. The number of aromatic nitrogens is 1. The normalized spacial score (nSPS) is 23.1. The zero-order valence-corrected chi connectivity index (χ0v) is 19.1. The molecule has 0 bridgehead atoms. The third kappa shape index (κ3) is 3.95. The minimum Gasteiger partial charge on any atom is -0.482 e. The lowest BCUT2D eigenvalue weighted by atomic mass is 9.93. The first-order valence-electron chi connectivity index (χ1n) is 10.8. The van der Waals surface area contributed by atoms with E-state index in [9.17, 15) is 17.9 Å². The predicted octanol–water partition coefficient (Wildman–Crippen LogP) is 3.97. The number of carbonyl (C=O) groups is 1. The molecule has 2 N–H and O–H groups in total. The molecular weight excluding hydrogens is 445 g/mol. The first kappa shape index (κ1) is 21.8. The van der Waals surface area contributed by atoms with Crippen LogP contribution in [-0.4, -0.2) is 43.6 Å². The van der Waals surface area contributed by atoms with Crippen LogP contribution in [0, 0.1) is 5.82 Å². The minimum absolute atomic E-state index is 0.178. The van der Waals surface area contributed by atoms with Crippen molar-refractivity contribution in [1.29, 1.82) is 0 Å². The van der Waals surface area contributed by atoms with Crippen molar-refractivity contribution < 1.29 is 22.7 Å². The highest BCUT2D eigenvalue weighted by molar-refractivity contribution is 7.79. The molecule has 4 heterocycles. The van der Waals surface area contributed by atoms with Crippen LogP contribution in [0.2, 0.25) is 0 Å². The Kier molecular flexibility index (Phi) is 5.33. The van der Waals surface area contributed by atoms with E-state index in [0.29, 0.717) is 48.5 Å². The summed E-state index contributed by atoms with van der Waals surface area (Å²) in [4.78, 5) is 19.4. The summed E-state index contributed by atoms with van der Waals surface area (Å²) >= 11 is -1.78. The highest BCUT2D eigenvalue weighted by Gasteiger charge is 2.38. The Morgan fingerprint density at radius 3 is 2.67 bits per heavy atom. The molecule has 0 saturated carbocycles. The van der Waals surface area contributed by atoms with Crippen LogP contribution >= 0.6 is 0 Å². The molecule has 1 atom stereocenters. The molecule has 2 aromatic rings. The summed E-state index contributed by atoms with van der Waals surface area (Å²) in [6.45, 7) is 5.23. The second-order valence-electron chi connectivity index (χ2n) is 8.92. The molecule has 5 rings (SSSR count).